The van der Waals surface area contributed by atoms with Crippen LogP contribution in [0.5, 0.6) is 5.75 Å². The number of methoxy groups -OCH3 is 1. The minimum absolute atomic E-state index is 0.342. The van der Waals surface area contributed by atoms with Crippen molar-refractivity contribution in [1.29, 1.82) is 0 Å². The molecule has 2 rings (SSSR count). The Hall–Kier alpha value is -2.62. The van der Waals surface area contributed by atoms with Crippen LogP contribution in [0.2, 0.25) is 0 Å². The second-order valence-electron chi connectivity index (χ2n) is 9.31. The van der Waals surface area contributed by atoms with E-state index in [1.54, 1.807) is 24.3 Å². The van der Waals surface area contributed by atoms with Gasteiger partial charge in [-0.2, -0.15) is 0 Å². The average molecular weight is 480 g/mol. The lowest BCUT2D eigenvalue weighted by Gasteiger charge is -2.06. The molecule has 0 unspecified atom stereocenters. The van der Waals surface area contributed by atoms with E-state index >= 15 is 0 Å². The van der Waals surface area contributed by atoms with Crippen molar-refractivity contribution in [2.45, 2.75) is 96.8 Å². The third-order valence-corrected chi connectivity index (χ3v) is 6.30. The average Bonchev–Trinajstić information content (AvgIpc) is 2.90. The van der Waals surface area contributed by atoms with Crippen molar-refractivity contribution < 1.29 is 14.3 Å². The third-order valence-electron chi connectivity index (χ3n) is 6.30. The number of hydrogen-bond donors (Lipinski definition) is 0. The second-order valence-corrected chi connectivity index (χ2v) is 9.31. The van der Waals surface area contributed by atoms with E-state index in [4.69, 9.17) is 9.47 Å². The first kappa shape index (κ1) is 28.6. The van der Waals surface area contributed by atoms with Gasteiger partial charge in [0.1, 0.15) is 5.75 Å². The Kier molecular flexibility index (Phi) is 15.3. The van der Waals surface area contributed by atoms with E-state index in [-0.39, 0.29) is 5.97 Å². The van der Waals surface area contributed by atoms with Crippen LogP contribution in [-0.4, -0.2) is 25.9 Å². The predicted octanol–water partition coefficient (Wildman–Crippen LogP) is 9.08. The summed E-state index contributed by atoms with van der Waals surface area (Å²) in [6, 6.07) is 15.0. The molecule has 0 fully saturated rings. The van der Waals surface area contributed by atoms with E-state index in [2.05, 4.69) is 11.9 Å². The van der Waals surface area contributed by atoms with Crippen molar-refractivity contribution >= 4 is 17.9 Å². The molecule has 0 saturated heterocycles. The summed E-state index contributed by atoms with van der Waals surface area (Å²) >= 11 is 0. The maximum atomic E-state index is 11.5. The molecule has 0 saturated carbocycles. The molecule has 0 bridgehead atoms. The fourth-order valence-electron chi connectivity index (χ4n) is 4.09. The first-order chi connectivity index (χ1) is 17.2. The summed E-state index contributed by atoms with van der Waals surface area (Å²) in [7, 11) is 1.38. The number of aliphatic imine (C=N–C) groups is 1. The number of rotatable bonds is 19. The highest BCUT2D eigenvalue weighted by Gasteiger charge is 2.03. The Balaban J connectivity index is 1.48. The molecule has 0 heterocycles. The van der Waals surface area contributed by atoms with Gasteiger partial charge >= 0.3 is 5.97 Å². The molecule has 0 amide bonds. The summed E-state index contributed by atoms with van der Waals surface area (Å²) in [5.74, 6) is 0.560. The molecule has 4 nitrogen and oxygen atoms in total. The molecule has 0 spiro atoms. The largest absolute Gasteiger partial charge is 0.494 e. The van der Waals surface area contributed by atoms with Gasteiger partial charge in [0, 0.05) is 6.21 Å². The van der Waals surface area contributed by atoms with Crippen LogP contribution in [-0.2, 0) is 4.74 Å². The number of carbonyl (C=O) groups excluding carboxylic acids is 1. The molecule has 2 aromatic carbocycles. The van der Waals surface area contributed by atoms with Gasteiger partial charge in [-0.1, -0.05) is 90.4 Å². The first-order valence-electron chi connectivity index (χ1n) is 13.7. The zero-order chi connectivity index (χ0) is 25.0. The van der Waals surface area contributed by atoms with E-state index in [1.807, 2.05) is 30.5 Å². The topological polar surface area (TPSA) is 47.9 Å². The standard InChI is InChI=1S/C31H45NO3/c1-3-4-5-6-7-8-9-10-11-12-13-14-15-16-25-35-30-23-17-27(18-24-30)26-32-29-21-19-28(20-22-29)31(33)34-2/h17-24,26H,3-16,25H2,1-2H3. The third kappa shape index (κ3) is 13.2. The molecule has 192 valence electrons. The summed E-state index contributed by atoms with van der Waals surface area (Å²) in [5, 5.41) is 0. The number of ether oxygens (including phenoxy) is 2. The van der Waals surface area contributed by atoms with Crippen molar-refractivity contribution in [3.05, 3.63) is 59.7 Å². The van der Waals surface area contributed by atoms with Crippen LogP contribution in [0.4, 0.5) is 5.69 Å². The van der Waals surface area contributed by atoms with Crippen LogP contribution >= 0.6 is 0 Å². The maximum Gasteiger partial charge on any atom is 0.337 e. The lowest BCUT2D eigenvalue weighted by molar-refractivity contribution is 0.0601. The van der Waals surface area contributed by atoms with Gasteiger partial charge in [-0.3, -0.25) is 4.99 Å². The summed E-state index contributed by atoms with van der Waals surface area (Å²) in [4.78, 5) is 15.9. The first-order valence-corrected chi connectivity index (χ1v) is 13.7. The van der Waals surface area contributed by atoms with Crippen molar-refractivity contribution in [2.75, 3.05) is 13.7 Å². The zero-order valence-corrected chi connectivity index (χ0v) is 22.0. The number of benzene rings is 2. The van der Waals surface area contributed by atoms with Gasteiger partial charge in [0.05, 0.1) is 25.0 Å². The fraction of sp³-hybridized carbons (Fsp3) is 0.548. The van der Waals surface area contributed by atoms with E-state index < -0.39 is 0 Å². The van der Waals surface area contributed by atoms with Crippen molar-refractivity contribution in [3.63, 3.8) is 0 Å². The van der Waals surface area contributed by atoms with Gasteiger partial charge in [0.25, 0.3) is 0 Å². The lowest BCUT2D eigenvalue weighted by Crippen LogP contribution is -1.99. The normalized spacial score (nSPS) is 11.1. The summed E-state index contributed by atoms with van der Waals surface area (Å²) in [6.07, 6.45) is 21.0. The van der Waals surface area contributed by atoms with E-state index in [0.29, 0.717) is 5.56 Å². The Morgan fingerprint density at radius 2 is 1.23 bits per heavy atom. The Labute approximate surface area is 213 Å². The Morgan fingerprint density at radius 1 is 0.714 bits per heavy atom. The van der Waals surface area contributed by atoms with E-state index in [9.17, 15) is 4.79 Å². The molecule has 0 aliphatic heterocycles. The number of carbonyl (C=O) groups is 1. The minimum atomic E-state index is -0.342. The predicted molar refractivity (Wildman–Crippen MR) is 147 cm³/mol. The highest BCUT2D eigenvalue weighted by molar-refractivity contribution is 5.90. The van der Waals surface area contributed by atoms with Crippen LogP contribution in [0.3, 0.4) is 0 Å². The maximum absolute atomic E-state index is 11.5. The van der Waals surface area contributed by atoms with Crippen molar-refractivity contribution in [3.8, 4) is 5.75 Å². The number of esters is 1. The molecular formula is C31H45NO3. The number of nitrogens with zero attached hydrogens (tertiary/aromatic N) is 1. The molecule has 0 aromatic heterocycles. The van der Waals surface area contributed by atoms with Crippen molar-refractivity contribution in [1.82, 2.24) is 0 Å². The molecule has 0 atom stereocenters. The Bertz CT molecular complexity index is 827. The second kappa shape index (κ2) is 18.7. The molecule has 35 heavy (non-hydrogen) atoms. The summed E-state index contributed by atoms with van der Waals surface area (Å²) < 4.78 is 10.6. The van der Waals surface area contributed by atoms with Gasteiger partial charge in [0.15, 0.2) is 0 Å². The van der Waals surface area contributed by atoms with Crippen molar-refractivity contribution in [2.24, 2.45) is 4.99 Å². The highest BCUT2D eigenvalue weighted by Crippen LogP contribution is 2.16. The van der Waals surface area contributed by atoms with Gasteiger partial charge in [-0.15, -0.1) is 0 Å². The SMILES string of the molecule is CCCCCCCCCCCCCCCCOc1ccc(C=Nc2ccc(C(=O)OC)cc2)cc1. The fourth-order valence-corrected chi connectivity index (χ4v) is 4.09. The van der Waals surface area contributed by atoms with E-state index in [1.165, 1.54) is 90.6 Å². The van der Waals surface area contributed by atoms with Gasteiger partial charge in [-0.25, -0.2) is 4.79 Å². The minimum Gasteiger partial charge on any atom is -0.494 e. The van der Waals surface area contributed by atoms with Gasteiger partial charge in [0.2, 0.25) is 0 Å². The molecular weight excluding hydrogens is 434 g/mol. The van der Waals surface area contributed by atoms with Crippen LogP contribution in [0.15, 0.2) is 53.5 Å². The highest BCUT2D eigenvalue weighted by atomic mass is 16.5. The Morgan fingerprint density at radius 3 is 1.74 bits per heavy atom. The monoisotopic (exact) mass is 479 g/mol. The van der Waals surface area contributed by atoms with E-state index in [0.717, 1.165) is 30.0 Å². The molecule has 2 aromatic rings. The molecule has 4 heteroatoms. The molecule has 0 N–H and O–H groups in total. The van der Waals surface area contributed by atoms with Gasteiger partial charge in [-0.05, 0) is 60.5 Å². The van der Waals surface area contributed by atoms with Crippen LogP contribution in [0.25, 0.3) is 0 Å². The lowest BCUT2D eigenvalue weighted by atomic mass is 10.0. The zero-order valence-electron chi connectivity index (χ0n) is 22.0. The van der Waals surface area contributed by atoms with Gasteiger partial charge < -0.3 is 9.47 Å². The number of hydrogen-bond acceptors (Lipinski definition) is 4. The van der Waals surface area contributed by atoms with Crippen LogP contribution < -0.4 is 4.74 Å². The number of unbranched alkanes of at least 4 members (excludes halogenated alkanes) is 13. The molecule has 0 radical (unpaired) electrons. The quantitative estimate of drug-likeness (QED) is 0.115. The smallest absolute Gasteiger partial charge is 0.337 e. The summed E-state index contributed by atoms with van der Waals surface area (Å²) in [5.41, 5.74) is 2.31. The van der Waals surface area contributed by atoms with Crippen LogP contribution in [0, 0.1) is 0 Å². The molecule has 0 aliphatic carbocycles. The molecule has 0 aliphatic rings. The summed E-state index contributed by atoms with van der Waals surface area (Å²) in [6.45, 7) is 3.06. The van der Waals surface area contributed by atoms with Crippen LogP contribution in [0.1, 0.15) is 113 Å².